The molecule has 2 atom stereocenters. The summed E-state index contributed by atoms with van der Waals surface area (Å²) >= 11 is 0. The summed E-state index contributed by atoms with van der Waals surface area (Å²) in [5.41, 5.74) is 1.54. The minimum Gasteiger partial charge on any atom is -0.378 e. The number of carbonyl (C=O) groups is 3. The SMILES string of the molecule is CC1=NN(c2ccccc2)C(=O)C1(C(C)C)C1CC(=O)N(c2ccc(N(C)C)cc2)C1=O. The maximum absolute atomic E-state index is 13.8. The molecule has 7 heteroatoms. The van der Waals surface area contributed by atoms with Gasteiger partial charge in [-0.15, -0.1) is 0 Å². The van der Waals surface area contributed by atoms with Crippen LogP contribution in [-0.4, -0.2) is 37.5 Å². The van der Waals surface area contributed by atoms with Crippen molar-refractivity contribution >= 4 is 40.5 Å². The highest BCUT2D eigenvalue weighted by Gasteiger charge is 2.62. The molecule has 2 aromatic rings. The number of nitrogens with zero attached hydrogens (tertiary/aromatic N) is 4. The molecular formula is C25H28N4O3. The molecule has 0 N–H and O–H groups in total. The maximum Gasteiger partial charge on any atom is 0.260 e. The Morgan fingerprint density at radius 3 is 2.16 bits per heavy atom. The van der Waals surface area contributed by atoms with E-state index in [0.29, 0.717) is 17.1 Å². The summed E-state index contributed by atoms with van der Waals surface area (Å²) in [5, 5.41) is 5.94. The first kappa shape index (κ1) is 21.7. The minimum absolute atomic E-state index is 0.0202. The van der Waals surface area contributed by atoms with Crippen molar-refractivity contribution in [2.24, 2.45) is 22.4 Å². The van der Waals surface area contributed by atoms with Crippen LogP contribution >= 0.6 is 0 Å². The van der Waals surface area contributed by atoms with Gasteiger partial charge in [0.1, 0.15) is 5.41 Å². The minimum atomic E-state index is -1.17. The van der Waals surface area contributed by atoms with Crippen molar-refractivity contribution in [2.45, 2.75) is 27.2 Å². The number of hydrogen-bond donors (Lipinski definition) is 0. The lowest BCUT2D eigenvalue weighted by atomic mass is 9.64. The van der Waals surface area contributed by atoms with Gasteiger partial charge in [-0.05, 0) is 49.2 Å². The smallest absolute Gasteiger partial charge is 0.260 e. The van der Waals surface area contributed by atoms with Gasteiger partial charge >= 0.3 is 0 Å². The molecule has 7 nitrogen and oxygen atoms in total. The molecule has 2 heterocycles. The average Bonchev–Trinajstić information content (AvgIpc) is 3.21. The van der Waals surface area contributed by atoms with Crippen LogP contribution in [0.1, 0.15) is 27.2 Å². The van der Waals surface area contributed by atoms with E-state index in [0.717, 1.165) is 5.69 Å². The first-order valence-corrected chi connectivity index (χ1v) is 10.8. The molecule has 32 heavy (non-hydrogen) atoms. The standard InChI is InChI=1S/C25H28N4O3/c1-16(2)25(17(3)26-29(24(25)32)20-9-7-6-8-10-20)21-15-22(30)28(23(21)31)19-13-11-18(12-14-19)27(4)5/h6-14,16,21H,15H2,1-5H3. The zero-order chi connectivity index (χ0) is 23.2. The van der Waals surface area contributed by atoms with Crippen LogP contribution < -0.4 is 14.8 Å². The molecule has 2 unspecified atom stereocenters. The molecule has 3 amide bonds. The molecule has 1 fully saturated rings. The van der Waals surface area contributed by atoms with Gasteiger partial charge in [0.15, 0.2) is 0 Å². The predicted octanol–water partition coefficient (Wildman–Crippen LogP) is 3.70. The fourth-order valence-electron chi connectivity index (χ4n) is 4.98. The van der Waals surface area contributed by atoms with Gasteiger partial charge in [0.25, 0.3) is 5.91 Å². The van der Waals surface area contributed by atoms with Gasteiger partial charge in [0, 0.05) is 26.2 Å². The Morgan fingerprint density at radius 1 is 0.969 bits per heavy atom. The maximum atomic E-state index is 13.8. The molecule has 1 saturated heterocycles. The van der Waals surface area contributed by atoms with Crippen molar-refractivity contribution in [3.63, 3.8) is 0 Å². The summed E-state index contributed by atoms with van der Waals surface area (Å²) in [7, 11) is 3.85. The highest BCUT2D eigenvalue weighted by molar-refractivity contribution is 6.27. The zero-order valence-corrected chi connectivity index (χ0v) is 19.1. The van der Waals surface area contributed by atoms with E-state index < -0.39 is 11.3 Å². The Labute approximate surface area is 188 Å². The average molecular weight is 433 g/mol. The number of anilines is 3. The van der Waals surface area contributed by atoms with Crippen LogP contribution in [-0.2, 0) is 14.4 Å². The Balaban J connectivity index is 1.72. The summed E-state index contributed by atoms with van der Waals surface area (Å²) in [6, 6.07) is 16.4. The quantitative estimate of drug-likeness (QED) is 0.676. The van der Waals surface area contributed by atoms with Gasteiger partial charge in [-0.3, -0.25) is 19.3 Å². The van der Waals surface area contributed by atoms with Crippen molar-refractivity contribution in [3.05, 3.63) is 54.6 Å². The summed E-state index contributed by atoms with van der Waals surface area (Å²) in [4.78, 5) is 43.6. The number of amides is 3. The number of hydrogen-bond acceptors (Lipinski definition) is 5. The summed E-state index contributed by atoms with van der Waals surface area (Å²) in [6.07, 6.45) is -0.0202. The molecule has 2 aliphatic heterocycles. The lowest BCUT2D eigenvalue weighted by Gasteiger charge is -2.36. The number of imide groups is 1. The van der Waals surface area contributed by atoms with Crippen molar-refractivity contribution in [1.29, 1.82) is 0 Å². The summed E-state index contributed by atoms with van der Waals surface area (Å²) in [6.45, 7) is 5.61. The van der Waals surface area contributed by atoms with E-state index in [4.69, 9.17) is 0 Å². The van der Waals surface area contributed by atoms with Crippen LogP contribution in [0.2, 0.25) is 0 Å². The number of carbonyl (C=O) groups excluding carboxylic acids is 3. The highest BCUT2D eigenvalue weighted by atomic mass is 16.2. The largest absolute Gasteiger partial charge is 0.378 e. The van der Waals surface area contributed by atoms with E-state index in [9.17, 15) is 14.4 Å². The molecule has 166 valence electrons. The number of para-hydroxylation sites is 1. The topological polar surface area (TPSA) is 73.3 Å². The molecule has 0 bridgehead atoms. The Morgan fingerprint density at radius 2 is 1.59 bits per heavy atom. The second-order valence-electron chi connectivity index (χ2n) is 8.90. The van der Waals surface area contributed by atoms with Gasteiger partial charge in [-0.1, -0.05) is 32.0 Å². The second kappa shape index (κ2) is 7.89. The molecule has 4 rings (SSSR count). The van der Waals surface area contributed by atoms with Gasteiger partial charge in [0.05, 0.1) is 23.0 Å². The molecular weight excluding hydrogens is 404 g/mol. The van der Waals surface area contributed by atoms with Gasteiger partial charge < -0.3 is 4.90 Å². The Bertz CT molecular complexity index is 1090. The van der Waals surface area contributed by atoms with Gasteiger partial charge in [-0.25, -0.2) is 0 Å². The summed E-state index contributed by atoms with van der Waals surface area (Å²) < 4.78 is 0. The van der Waals surface area contributed by atoms with Crippen molar-refractivity contribution in [3.8, 4) is 0 Å². The van der Waals surface area contributed by atoms with Crippen molar-refractivity contribution in [2.75, 3.05) is 28.9 Å². The number of hydrazone groups is 1. The first-order valence-electron chi connectivity index (χ1n) is 10.8. The molecule has 0 aromatic heterocycles. The third-order valence-corrected chi connectivity index (χ3v) is 6.63. The third-order valence-electron chi connectivity index (χ3n) is 6.63. The molecule has 2 aromatic carbocycles. The molecule has 0 saturated carbocycles. The normalized spacial score (nSPS) is 23.4. The number of rotatable bonds is 5. The molecule has 0 aliphatic carbocycles. The van der Waals surface area contributed by atoms with E-state index in [-0.39, 0.29) is 30.1 Å². The highest BCUT2D eigenvalue weighted by Crippen LogP contribution is 2.49. The monoisotopic (exact) mass is 432 g/mol. The van der Waals surface area contributed by atoms with E-state index in [2.05, 4.69) is 5.10 Å². The first-order chi connectivity index (χ1) is 15.2. The van der Waals surface area contributed by atoms with E-state index in [1.807, 2.05) is 75.3 Å². The van der Waals surface area contributed by atoms with Gasteiger partial charge in [0.2, 0.25) is 11.8 Å². The van der Waals surface area contributed by atoms with Gasteiger partial charge in [-0.2, -0.15) is 10.1 Å². The Kier molecular flexibility index (Phi) is 5.36. The molecule has 0 radical (unpaired) electrons. The predicted molar refractivity (Wildman–Crippen MR) is 126 cm³/mol. The number of benzene rings is 2. The lowest BCUT2D eigenvalue weighted by molar-refractivity contribution is -0.134. The van der Waals surface area contributed by atoms with E-state index in [1.54, 1.807) is 19.1 Å². The molecule has 0 spiro atoms. The van der Waals surface area contributed by atoms with Crippen LogP contribution in [0.5, 0.6) is 0 Å². The van der Waals surface area contributed by atoms with E-state index in [1.165, 1.54) is 9.91 Å². The fourth-order valence-corrected chi connectivity index (χ4v) is 4.98. The lowest BCUT2D eigenvalue weighted by Crippen LogP contribution is -2.51. The Hall–Kier alpha value is -3.48. The fraction of sp³-hybridized carbons (Fsp3) is 0.360. The van der Waals surface area contributed by atoms with Crippen molar-refractivity contribution in [1.82, 2.24) is 0 Å². The third kappa shape index (κ3) is 3.11. The summed E-state index contributed by atoms with van der Waals surface area (Å²) in [5.74, 6) is -1.92. The zero-order valence-electron chi connectivity index (χ0n) is 19.1. The second-order valence-corrected chi connectivity index (χ2v) is 8.90. The van der Waals surface area contributed by atoms with Crippen LogP contribution in [0.15, 0.2) is 59.7 Å². The van der Waals surface area contributed by atoms with E-state index >= 15 is 0 Å². The van der Waals surface area contributed by atoms with Crippen molar-refractivity contribution < 1.29 is 14.4 Å². The van der Waals surface area contributed by atoms with Crippen LogP contribution in [0, 0.1) is 17.3 Å². The van der Waals surface area contributed by atoms with Crippen LogP contribution in [0.25, 0.3) is 0 Å². The molecule has 2 aliphatic rings. The van der Waals surface area contributed by atoms with Crippen LogP contribution in [0.4, 0.5) is 17.1 Å². The van der Waals surface area contributed by atoms with Crippen LogP contribution in [0.3, 0.4) is 0 Å².